The van der Waals surface area contributed by atoms with Gasteiger partial charge < -0.3 is 10.2 Å². The Morgan fingerprint density at radius 3 is 1.78 bits per heavy atom. The SMILES string of the molecule is Cc1c(C)c(-c2ccc3c(c2)C(=O)C(=O)N3C)c(C)c(C)c1-c1ccc(NC(C)C)cc1. The van der Waals surface area contributed by atoms with E-state index in [1.54, 1.807) is 7.05 Å². The molecule has 32 heavy (non-hydrogen) atoms. The maximum Gasteiger partial charge on any atom is 0.299 e. The maximum atomic E-state index is 12.4. The van der Waals surface area contributed by atoms with Crippen LogP contribution in [-0.4, -0.2) is 24.8 Å². The Morgan fingerprint density at radius 2 is 1.25 bits per heavy atom. The van der Waals surface area contributed by atoms with Crippen LogP contribution in [0.15, 0.2) is 42.5 Å². The van der Waals surface area contributed by atoms with E-state index in [0.29, 0.717) is 17.3 Å². The van der Waals surface area contributed by atoms with Crippen LogP contribution in [0.25, 0.3) is 22.3 Å². The molecule has 0 saturated carbocycles. The second kappa shape index (κ2) is 7.94. The first-order valence-electron chi connectivity index (χ1n) is 11.1. The van der Waals surface area contributed by atoms with Crippen molar-refractivity contribution in [3.63, 3.8) is 0 Å². The van der Waals surface area contributed by atoms with Crippen molar-refractivity contribution in [3.8, 4) is 22.3 Å². The largest absolute Gasteiger partial charge is 0.383 e. The zero-order valence-corrected chi connectivity index (χ0v) is 19.9. The predicted octanol–water partition coefficient (Wildman–Crippen LogP) is 6.23. The molecular formula is C28H30N2O2. The lowest BCUT2D eigenvalue weighted by molar-refractivity contribution is -0.114. The van der Waals surface area contributed by atoms with Gasteiger partial charge in [0.25, 0.3) is 11.7 Å². The standard InChI is InChI=1S/C28H30N2O2/c1-15(2)29-22-11-8-20(9-12-22)25-16(3)18(5)26(19(6)17(25)4)21-10-13-24-23(14-21)27(31)28(32)30(24)7/h8-15,29H,1-7H3. The van der Waals surface area contributed by atoms with Gasteiger partial charge in [-0.1, -0.05) is 18.2 Å². The van der Waals surface area contributed by atoms with Gasteiger partial charge >= 0.3 is 0 Å². The van der Waals surface area contributed by atoms with Gasteiger partial charge in [0.1, 0.15) is 0 Å². The molecule has 0 bridgehead atoms. The van der Waals surface area contributed by atoms with Crippen LogP contribution in [0.2, 0.25) is 0 Å². The number of nitrogens with zero attached hydrogens (tertiary/aromatic N) is 1. The zero-order valence-electron chi connectivity index (χ0n) is 19.9. The highest BCUT2D eigenvalue weighted by atomic mass is 16.2. The molecule has 0 aliphatic carbocycles. The highest BCUT2D eigenvalue weighted by Crippen LogP contribution is 2.41. The minimum Gasteiger partial charge on any atom is -0.383 e. The van der Waals surface area contributed by atoms with Crippen molar-refractivity contribution in [2.45, 2.75) is 47.6 Å². The number of carbonyl (C=O) groups excluding carboxylic acids is 2. The lowest BCUT2D eigenvalue weighted by atomic mass is 9.83. The molecule has 0 radical (unpaired) electrons. The van der Waals surface area contributed by atoms with Crippen molar-refractivity contribution in [1.29, 1.82) is 0 Å². The lowest BCUT2D eigenvalue weighted by Crippen LogP contribution is -2.24. The van der Waals surface area contributed by atoms with E-state index in [-0.39, 0.29) is 0 Å². The maximum absolute atomic E-state index is 12.4. The van der Waals surface area contributed by atoms with Gasteiger partial charge in [0.2, 0.25) is 0 Å². The van der Waals surface area contributed by atoms with E-state index in [1.807, 2.05) is 18.2 Å². The molecule has 0 unspecified atom stereocenters. The van der Waals surface area contributed by atoms with Gasteiger partial charge in [0.15, 0.2) is 0 Å². The van der Waals surface area contributed by atoms with E-state index in [0.717, 1.165) is 16.8 Å². The van der Waals surface area contributed by atoms with Crippen molar-refractivity contribution in [3.05, 3.63) is 70.3 Å². The molecule has 0 saturated heterocycles. The summed E-state index contributed by atoms with van der Waals surface area (Å²) in [6.45, 7) is 12.9. The smallest absolute Gasteiger partial charge is 0.299 e. The van der Waals surface area contributed by atoms with Gasteiger partial charge in [-0.3, -0.25) is 9.59 Å². The van der Waals surface area contributed by atoms with Gasteiger partial charge in [-0.05, 0) is 110 Å². The fraction of sp³-hybridized carbons (Fsp3) is 0.286. The molecule has 1 amide bonds. The fourth-order valence-electron chi connectivity index (χ4n) is 4.79. The van der Waals surface area contributed by atoms with E-state index in [4.69, 9.17) is 0 Å². The summed E-state index contributed by atoms with van der Waals surface area (Å²) in [6, 6.07) is 14.8. The number of ketones is 1. The molecule has 1 heterocycles. The van der Waals surface area contributed by atoms with Gasteiger partial charge in [-0.15, -0.1) is 0 Å². The number of Topliss-reactive ketones (excluding diaryl/α,β-unsaturated/α-hetero) is 1. The van der Waals surface area contributed by atoms with Crippen LogP contribution in [0.1, 0.15) is 46.5 Å². The molecule has 1 aliphatic rings. The molecule has 164 valence electrons. The van der Waals surface area contributed by atoms with Crippen LogP contribution in [0.3, 0.4) is 0 Å². The Hall–Kier alpha value is -3.40. The van der Waals surface area contributed by atoms with E-state index in [2.05, 4.69) is 71.1 Å². The zero-order chi connectivity index (χ0) is 23.3. The van der Waals surface area contributed by atoms with Crippen LogP contribution >= 0.6 is 0 Å². The Labute approximate surface area is 190 Å². The highest BCUT2D eigenvalue weighted by Gasteiger charge is 2.33. The van der Waals surface area contributed by atoms with Crippen LogP contribution < -0.4 is 10.2 Å². The lowest BCUT2D eigenvalue weighted by Gasteiger charge is -2.22. The second-order valence-electron chi connectivity index (χ2n) is 9.05. The first-order valence-corrected chi connectivity index (χ1v) is 11.1. The van der Waals surface area contributed by atoms with E-state index < -0.39 is 11.7 Å². The molecule has 3 aromatic carbocycles. The molecule has 0 atom stereocenters. The minimum atomic E-state index is -0.469. The molecular weight excluding hydrogens is 396 g/mol. The van der Waals surface area contributed by atoms with Crippen LogP contribution in [-0.2, 0) is 4.79 Å². The molecule has 0 spiro atoms. The summed E-state index contributed by atoms with van der Waals surface area (Å²) in [5.41, 5.74) is 11.7. The van der Waals surface area contributed by atoms with Crippen molar-refractivity contribution in [2.75, 3.05) is 17.3 Å². The number of amides is 1. The highest BCUT2D eigenvalue weighted by molar-refractivity contribution is 6.52. The topological polar surface area (TPSA) is 49.4 Å². The first kappa shape index (κ1) is 21.8. The third kappa shape index (κ3) is 3.40. The molecule has 0 fully saturated rings. The van der Waals surface area contributed by atoms with Gasteiger partial charge in [0, 0.05) is 18.8 Å². The number of nitrogens with one attached hydrogen (secondary N) is 1. The summed E-state index contributed by atoms with van der Waals surface area (Å²) in [5, 5.41) is 3.44. The first-order chi connectivity index (χ1) is 15.1. The number of rotatable bonds is 4. The normalized spacial score (nSPS) is 13.2. The van der Waals surface area contributed by atoms with E-state index in [1.165, 1.54) is 38.3 Å². The van der Waals surface area contributed by atoms with E-state index >= 15 is 0 Å². The third-order valence-corrected chi connectivity index (χ3v) is 6.64. The molecule has 4 heteroatoms. The molecule has 4 rings (SSSR count). The summed E-state index contributed by atoms with van der Waals surface area (Å²) in [5.74, 6) is -0.900. The molecule has 1 N–H and O–H groups in total. The summed E-state index contributed by atoms with van der Waals surface area (Å²) in [4.78, 5) is 26.0. The number of likely N-dealkylation sites (N-methyl/N-ethyl adjacent to an activating group) is 1. The Kier molecular flexibility index (Phi) is 5.41. The average Bonchev–Trinajstić information content (AvgIpc) is 2.97. The summed E-state index contributed by atoms with van der Waals surface area (Å²) in [7, 11) is 1.65. The van der Waals surface area contributed by atoms with Crippen molar-refractivity contribution >= 4 is 23.1 Å². The Bertz CT molecular complexity index is 1220. The second-order valence-corrected chi connectivity index (χ2v) is 9.05. The number of anilines is 2. The fourth-order valence-corrected chi connectivity index (χ4v) is 4.79. The van der Waals surface area contributed by atoms with Crippen molar-refractivity contribution in [2.24, 2.45) is 0 Å². The van der Waals surface area contributed by atoms with Gasteiger partial charge in [0.05, 0.1) is 11.3 Å². The van der Waals surface area contributed by atoms with Crippen LogP contribution in [0, 0.1) is 27.7 Å². The summed E-state index contributed by atoms with van der Waals surface area (Å²) in [6.07, 6.45) is 0. The quantitative estimate of drug-likeness (QED) is 0.503. The van der Waals surface area contributed by atoms with Crippen molar-refractivity contribution in [1.82, 2.24) is 0 Å². The van der Waals surface area contributed by atoms with E-state index in [9.17, 15) is 9.59 Å². The van der Waals surface area contributed by atoms with Crippen molar-refractivity contribution < 1.29 is 9.59 Å². The molecule has 1 aliphatic heterocycles. The Balaban J connectivity index is 1.83. The van der Waals surface area contributed by atoms with Gasteiger partial charge in [-0.2, -0.15) is 0 Å². The predicted molar refractivity (Wildman–Crippen MR) is 133 cm³/mol. The van der Waals surface area contributed by atoms with Crippen LogP contribution in [0.5, 0.6) is 0 Å². The number of fused-ring (bicyclic) bond motifs is 1. The number of carbonyl (C=O) groups is 2. The molecule has 4 nitrogen and oxygen atoms in total. The summed E-state index contributed by atoms with van der Waals surface area (Å²) < 4.78 is 0. The van der Waals surface area contributed by atoms with Gasteiger partial charge in [-0.25, -0.2) is 0 Å². The Morgan fingerprint density at radius 1 is 0.750 bits per heavy atom. The average molecular weight is 427 g/mol. The van der Waals surface area contributed by atoms with Crippen LogP contribution in [0.4, 0.5) is 11.4 Å². The number of hydrogen-bond acceptors (Lipinski definition) is 3. The molecule has 0 aromatic heterocycles. The number of benzene rings is 3. The molecule has 3 aromatic rings. The minimum absolute atomic E-state index is 0.391. The monoisotopic (exact) mass is 426 g/mol. The number of hydrogen-bond donors (Lipinski definition) is 1. The summed E-state index contributed by atoms with van der Waals surface area (Å²) >= 11 is 0. The third-order valence-electron chi connectivity index (χ3n) is 6.64.